The number of carbonyl (C=O) groups is 1. The normalized spacial score (nSPS) is 15.1. The molecule has 3 N–H and O–H groups in total. The summed E-state index contributed by atoms with van der Waals surface area (Å²) in [6.07, 6.45) is 0.972. The first-order valence-corrected chi connectivity index (χ1v) is 9.57. The van der Waals surface area contributed by atoms with Crippen LogP contribution in [0, 0.1) is 6.92 Å². The van der Waals surface area contributed by atoms with E-state index in [4.69, 9.17) is 4.74 Å². The number of ether oxygens (including phenoxy) is 1. The van der Waals surface area contributed by atoms with E-state index in [1.165, 1.54) is 16.9 Å². The van der Waals surface area contributed by atoms with Crippen LogP contribution in [0.1, 0.15) is 22.5 Å². The highest BCUT2D eigenvalue weighted by Gasteiger charge is 2.14. The number of hydrogen-bond donors (Lipinski definition) is 3. The van der Waals surface area contributed by atoms with Crippen LogP contribution in [-0.4, -0.2) is 50.3 Å². The van der Waals surface area contributed by atoms with Gasteiger partial charge in [-0.3, -0.25) is 4.79 Å². The van der Waals surface area contributed by atoms with E-state index in [1.54, 1.807) is 10.3 Å². The Kier molecular flexibility index (Phi) is 6.38. The van der Waals surface area contributed by atoms with Gasteiger partial charge < -0.3 is 20.3 Å². The highest BCUT2D eigenvalue weighted by molar-refractivity contribution is 7.14. The fraction of sp³-hybridized carbons (Fsp3) is 0.444. The van der Waals surface area contributed by atoms with Crippen LogP contribution in [-0.2, 0) is 4.74 Å². The third kappa shape index (κ3) is 5.52. The molecule has 0 unspecified atom stereocenters. The van der Waals surface area contributed by atoms with E-state index >= 15 is 0 Å². The van der Waals surface area contributed by atoms with Crippen LogP contribution in [0.4, 0.5) is 10.8 Å². The van der Waals surface area contributed by atoms with Crippen molar-refractivity contribution in [2.45, 2.75) is 13.3 Å². The molecule has 6 nitrogen and oxygen atoms in total. The molecule has 0 bridgehead atoms. The first-order valence-electron chi connectivity index (χ1n) is 8.69. The maximum absolute atomic E-state index is 12.2. The van der Waals surface area contributed by atoms with E-state index in [2.05, 4.69) is 22.5 Å². The van der Waals surface area contributed by atoms with Gasteiger partial charge in [0.1, 0.15) is 18.8 Å². The lowest BCUT2D eigenvalue weighted by Crippen LogP contribution is -3.14. The summed E-state index contributed by atoms with van der Waals surface area (Å²) in [7, 11) is 0. The zero-order valence-corrected chi connectivity index (χ0v) is 15.3. The minimum absolute atomic E-state index is 0.106. The van der Waals surface area contributed by atoms with Gasteiger partial charge in [-0.25, -0.2) is 4.98 Å². The molecule has 25 heavy (non-hydrogen) atoms. The maximum Gasteiger partial charge on any atom is 0.270 e. The van der Waals surface area contributed by atoms with Crippen molar-refractivity contribution in [1.29, 1.82) is 0 Å². The monoisotopic (exact) mass is 361 g/mol. The predicted octanol–water partition coefficient (Wildman–Crippen LogP) is 1.23. The Hall–Kier alpha value is -1.96. The number of nitrogens with zero attached hydrogens (tertiary/aromatic N) is 1. The molecule has 0 atom stereocenters. The lowest BCUT2D eigenvalue weighted by Gasteiger charge is -2.23. The minimum Gasteiger partial charge on any atom is -0.370 e. The van der Waals surface area contributed by atoms with Gasteiger partial charge >= 0.3 is 0 Å². The number of thiazole rings is 1. The quantitative estimate of drug-likeness (QED) is 0.649. The molecule has 1 aliphatic rings. The van der Waals surface area contributed by atoms with Gasteiger partial charge in [0.2, 0.25) is 0 Å². The fourth-order valence-electron chi connectivity index (χ4n) is 2.74. The molecule has 1 saturated heterocycles. The Labute approximate surface area is 152 Å². The summed E-state index contributed by atoms with van der Waals surface area (Å²) < 4.78 is 5.35. The van der Waals surface area contributed by atoms with Crippen LogP contribution in [0.2, 0.25) is 0 Å². The fourth-order valence-corrected chi connectivity index (χ4v) is 3.45. The molecule has 0 spiro atoms. The molecule has 0 saturated carbocycles. The summed E-state index contributed by atoms with van der Waals surface area (Å²) in [6, 6.07) is 8.09. The molecule has 7 heteroatoms. The molecular weight excluding hydrogens is 336 g/mol. The number of nitrogens with one attached hydrogen (secondary N) is 3. The molecule has 1 amide bonds. The standard InChI is InChI=1S/C18H24N4O2S/c1-14-3-5-15(6-4-14)20-18-21-16(13-25-18)17(23)19-7-2-8-22-9-11-24-12-10-22/h3-6,13H,2,7-12H2,1H3,(H,19,23)(H,20,21)/p+1. The molecule has 0 aliphatic carbocycles. The Morgan fingerprint density at radius 1 is 1.28 bits per heavy atom. The van der Waals surface area contributed by atoms with Crippen molar-refractivity contribution in [2.24, 2.45) is 0 Å². The van der Waals surface area contributed by atoms with Crippen molar-refractivity contribution in [1.82, 2.24) is 10.3 Å². The van der Waals surface area contributed by atoms with E-state index in [1.807, 2.05) is 24.3 Å². The van der Waals surface area contributed by atoms with Gasteiger partial charge in [-0.1, -0.05) is 17.7 Å². The molecule has 1 aromatic heterocycles. The van der Waals surface area contributed by atoms with Crippen molar-refractivity contribution in [2.75, 3.05) is 44.7 Å². The van der Waals surface area contributed by atoms with E-state index in [9.17, 15) is 4.79 Å². The van der Waals surface area contributed by atoms with Crippen molar-refractivity contribution in [3.63, 3.8) is 0 Å². The third-order valence-electron chi connectivity index (χ3n) is 4.23. The van der Waals surface area contributed by atoms with Crippen molar-refractivity contribution >= 4 is 28.1 Å². The van der Waals surface area contributed by atoms with Gasteiger partial charge in [0, 0.05) is 24.0 Å². The SMILES string of the molecule is Cc1ccc(Nc2nc(C(=O)NCCC[NH+]3CCOCC3)cs2)cc1. The molecule has 1 fully saturated rings. The molecule has 1 aliphatic heterocycles. The Bertz CT molecular complexity index is 681. The number of morpholine rings is 1. The highest BCUT2D eigenvalue weighted by atomic mass is 32.1. The second-order valence-electron chi connectivity index (χ2n) is 6.25. The molecule has 1 aromatic carbocycles. The zero-order chi connectivity index (χ0) is 17.5. The van der Waals surface area contributed by atoms with Gasteiger partial charge in [0.15, 0.2) is 5.13 Å². The van der Waals surface area contributed by atoms with Crippen LogP contribution in [0.15, 0.2) is 29.6 Å². The van der Waals surface area contributed by atoms with Crippen LogP contribution in [0.3, 0.4) is 0 Å². The lowest BCUT2D eigenvalue weighted by atomic mass is 10.2. The number of aromatic nitrogens is 1. The van der Waals surface area contributed by atoms with Gasteiger partial charge in [0.25, 0.3) is 5.91 Å². The van der Waals surface area contributed by atoms with Gasteiger partial charge in [0.05, 0.1) is 19.8 Å². The number of hydrogen-bond acceptors (Lipinski definition) is 5. The summed E-state index contributed by atoms with van der Waals surface area (Å²) in [5, 5.41) is 8.70. The lowest BCUT2D eigenvalue weighted by molar-refractivity contribution is -0.908. The second kappa shape index (κ2) is 8.94. The van der Waals surface area contributed by atoms with Gasteiger partial charge in [-0.05, 0) is 19.1 Å². The minimum atomic E-state index is -0.106. The van der Waals surface area contributed by atoms with Crippen molar-refractivity contribution < 1.29 is 14.4 Å². The summed E-state index contributed by atoms with van der Waals surface area (Å²) in [5.74, 6) is -0.106. The van der Waals surface area contributed by atoms with E-state index in [-0.39, 0.29) is 5.91 Å². The van der Waals surface area contributed by atoms with E-state index in [0.29, 0.717) is 12.2 Å². The number of quaternary nitrogens is 1. The third-order valence-corrected chi connectivity index (χ3v) is 4.99. The van der Waals surface area contributed by atoms with Crippen molar-refractivity contribution in [3.05, 3.63) is 40.9 Å². The molecular formula is C18H25N4O2S+. The average Bonchev–Trinajstić information content (AvgIpc) is 3.10. The highest BCUT2D eigenvalue weighted by Crippen LogP contribution is 2.21. The number of carbonyl (C=O) groups excluding carboxylic acids is 1. The first kappa shape index (κ1) is 17.8. The Morgan fingerprint density at radius 2 is 2.04 bits per heavy atom. The first-order chi connectivity index (χ1) is 12.2. The predicted molar refractivity (Wildman–Crippen MR) is 99.9 cm³/mol. The van der Waals surface area contributed by atoms with Gasteiger partial charge in [-0.15, -0.1) is 11.3 Å². The van der Waals surface area contributed by atoms with E-state index < -0.39 is 0 Å². The van der Waals surface area contributed by atoms with Gasteiger partial charge in [-0.2, -0.15) is 0 Å². The molecule has 134 valence electrons. The summed E-state index contributed by atoms with van der Waals surface area (Å²) in [4.78, 5) is 18.1. The Morgan fingerprint density at radius 3 is 2.80 bits per heavy atom. The summed E-state index contributed by atoms with van der Waals surface area (Å²) >= 11 is 1.44. The van der Waals surface area contributed by atoms with Crippen LogP contribution in [0.5, 0.6) is 0 Å². The number of amides is 1. The average molecular weight is 361 g/mol. The number of rotatable bonds is 7. The van der Waals surface area contributed by atoms with Crippen molar-refractivity contribution in [3.8, 4) is 0 Å². The molecule has 3 rings (SSSR count). The summed E-state index contributed by atoms with van der Waals surface area (Å²) in [6.45, 7) is 7.62. The number of aryl methyl sites for hydroxylation is 1. The smallest absolute Gasteiger partial charge is 0.270 e. The topological polar surface area (TPSA) is 67.7 Å². The number of anilines is 2. The van der Waals surface area contributed by atoms with E-state index in [0.717, 1.165) is 50.1 Å². The Balaban J connectivity index is 1.41. The van der Waals surface area contributed by atoms with Crippen LogP contribution < -0.4 is 15.5 Å². The number of benzene rings is 1. The molecule has 2 aromatic rings. The van der Waals surface area contributed by atoms with Crippen LogP contribution in [0.25, 0.3) is 0 Å². The van der Waals surface area contributed by atoms with Crippen LogP contribution >= 0.6 is 11.3 Å². The maximum atomic E-state index is 12.2. The zero-order valence-electron chi connectivity index (χ0n) is 14.5. The molecule has 0 radical (unpaired) electrons. The summed E-state index contributed by atoms with van der Waals surface area (Å²) in [5.41, 5.74) is 2.65. The molecule has 2 heterocycles. The largest absolute Gasteiger partial charge is 0.370 e. The second-order valence-corrected chi connectivity index (χ2v) is 7.11.